The van der Waals surface area contributed by atoms with Crippen LogP contribution in [0.2, 0.25) is 0 Å². The molecule has 1 N–H and O–H groups in total. The van der Waals surface area contributed by atoms with E-state index < -0.39 is 0 Å². The van der Waals surface area contributed by atoms with E-state index in [2.05, 4.69) is 43.7 Å². The van der Waals surface area contributed by atoms with Gasteiger partial charge in [-0.05, 0) is 29.2 Å². The lowest BCUT2D eigenvalue weighted by atomic mass is 9.86. The van der Waals surface area contributed by atoms with Gasteiger partial charge in [0, 0.05) is 48.8 Å². The molecule has 3 heterocycles. The highest BCUT2D eigenvalue weighted by atomic mass is 16.1. The quantitative estimate of drug-likeness (QED) is 0.319. The minimum Gasteiger partial charge on any atom is -0.291 e. The summed E-state index contributed by atoms with van der Waals surface area (Å²) in [7, 11) is 0. The van der Waals surface area contributed by atoms with Crippen LogP contribution in [0.4, 0.5) is 0 Å². The van der Waals surface area contributed by atoms with E-state index in [1.807, 2.05) is 41.2 Å². The van der Waals surface area contributed by atoms with Gasteiger partial charge >= 0.3 is 0 Å². The number of ketones is 1. The van der Waals surface area contributed by atoms with Gasteiger partial charge in [0.05, 0.1) is 0 Å². The van der Waals surface area contributed by atoms with Crippen LogP contribution in [-0.2, 0) is 19.4 Å². The molecule has 1 saturated carbocycles. The number of pyridine rings is 1. The maximum absolute atomic E-state index is 12.9. The topological polar surface area (TPSA) is 115 Å². The van der Waals surface area contributed by atoms with E-state index in [9.17, 15) is 4.79 Å². The van der Waals surface area contributed by atoms with Crippen LogP contribution in [0.5, 0.6) is 0 Å². The Kier molecular flexibility index (Phi) is 7.54. The van der Waals surface area contributed by atoms with Crippen molar-refractivity contribution in [2.75, 3.05) is 0 Å². The van der Waals surface area contributed by atoms with Crippen LogP contribution in [0, 0.1) is 5.92 Å². The minimum atomic E-state index is 0.0840. The van der Waals surface area contributed by atoms with Gasteiger partial charge in [-0.1, -0.05) is 69.4 Å². The molecule has 0 spiro atoms. The predicted octanol–water partition coefficient (Wildman–Crippen LogP) is 4.87. The van der Waals surface area contributed by atoms with E-state index in [4.69, 9.17) is 4.98 Å². The highest BCUT2D eigenvalue weighted by molar-refractivity contribution is 5.92. The van der Waals surface area contributed by atoms with Crippen LogP contribution < -0.4 is 0 Å². The number of nitrogens with zero attached hydrogens (tertiary/aromatic N) is 7. The van der Waals surface area contributed by atoms with Gasteiger partial charge in [0.2, 0.25) is 17.4 Å². The van der Waals surface area contributed by atoms with Crippen LogP contribution in [0.25, 0.3) is 22.5 Å². The molecule has 1 fully saturated rings. The zero-order valence-electron chi connectivity index (χ0n) is 20.7. The third-order valence-corrected chi connectivity index (χ3v) is 6.90. The number of benzene rings is 1. The summed E-state index contributed by atoms with van der Waals surface area (Å²) in [6.07, 6.45) is 11.0. The molecule has 1 aliphatic rings. The van der Waals surface area contributed by atoms with Crippen molar-refractivity contribution in [2.45, 2.75) is 71.3 Å². The lowest BCUT2D eigenvalue weighted by Gasteiger charge is -2.19. The summed E-state index contributed by atoms with van der Waals surface area (Å²) >= 11 is 0. The van der Waals surface area contributed by atoms with E-state index in [-0.39, 0.29) is 5.78 Å². The second-order valence-corrected chi connectivity index (χ2v) is 9.53. The number of aromatic amines is 1. The molecule has 3 aromatic heterocycles. The molecule has 0 aliphatic heterocycles. The molecule has 4 aromatic rings. The Labute approximate surface area is 210 Å². The molecule has 1 aromatic carbocycles. The van der Waals surface area contributed by atoms with E-state index in [0.717, 1.165) is 53.9 Å². The van der Waals surface area contributed by atoms with Crippen LogP contribution in [0.15, 0.2) is 42.6 Å². The molecular formula is C27H32N8O. The number of H-pyrrole nitrogens is 1. The first-order valence-corrected chi connectivity index (χ1v) is 13.0. The number of nitrogens with one attached hydrogen (secondary N) is 1. The summed E-state index contributed by atoms with van der Waals surface area (Å²) in [5, 5.41) is 19.0. The third kappa shape index (κ3) is 5.56. The van der Waals surface area contributed by atoms with Gasteiger partial charge in [-0.3, -0.25) is 9.78 Å². The zero-order valence-corrected chi connectivity index (χ0v) is 20.7. The number of aromatic nitrogens is 8. The number of hydrogen-bond donors (Lipinski definition) is 1. The van der Waals surface area contributed by atoms with E-state index in [0.29, 0.717) is 37.0 Å². The highest BCUT2D eigenvalue weighted by Crippen LogP contribution is 2.29. The van der Waals surface area contributed by atoms with E-state index >= 15 is 0 Å². The SMILES string of the molecule is CCCc1nc(C(=O)CC2CCCCC2)nn1CCc1ccc(-c2ccccc2-c2nn[nH]n2)cn1. The van der Waals surface area contributed by atoms with Crippen molar-refractivity contribution < 1.29 is 4.79 Å². The van der Waals surface area contributed by atoms with Gasteiger partial charge in [0.25, 0.3) is 0 Å². The lowest BCUT2D eigenvalue weighted by Crippen LogP contribution is -2.14. The Balaban J connectivity index is 1.27. The van der Waals surface area contributed by atoms with Gasteiger partial charge in [-0.2, -0.15) is 5.21 Å². The van der Waals surface area contributed by atoms with Crippen molar-refractivity contribution >= 4 is 5.78 Å². The molecule has 0 radical (unpaired) electrons. The van der Waals surface area contributed by atoms with Gasteiger partial charge < -0.3 is 0 Å². The van der Waals surface area contributed by atoms with Crippen molar-refractivity contribution in [1.29, 1.82) is 0 Å². The first kappa shape index (κ1) is 24.0. The largest absolute Gasteiger partial charge is 0.291 e. The predicted molar refractivity (Wildman–Crippen MR) is 136 cm³/mol. The van der Waals surface area contributed by atoms with Gasteiger partial charge in [0.15, 0.2) is 0 Å². The Bertz CT molecular complexity index is 1270. The summed E-state index contributed by atoms with van der Waals surface area (Å²) in [6, 6.07) is 12.0. The molecule has 9 heteroatoms. The number of tetrazole rings is 1. The maximum Gasteiger partial charge on any atom is 0.217 e. The molecule has 36 heavy (non-hydrogen) atoms. The fourth-order valence-electron chi connectivity index (χ4n) is 4.98. The van der Waals surface area contributed by atoms with Crippen LogP contribution in [0.3, 0.4) is 0 Å². The summed E-state index contributed by atoms with van der Waals surface area (Å²) in [5.74, 6) is 2.39. The van der Waals surface area contributed by atoms with Crippen molar-refractivity contribution in [3.05, 3.63) is 59.9 Å². The first-order valence-electron chi connectivity index (χ1n) is 13.0. The van der Waals surface area contributed by atoms with Crippen LogP contribution >= 0.6 is 0 Å². The minimum absolute atomic E-state index is 0.0840. The highest BCUT2D eigenvalue weighted by Gasteiger charge is 2.22. The average molecular weight is 485 g/mol. The molecule has 0 bridgehead atoms. The molecule has 0 unspecified atom stereocenters. The summed E-state index contributed by atoms with van der Waals surface area (Å²) < 4.78 is 1.90. The Morgan fingerprint density at radius 1 is 1.06 bits per heavy atom. The molecule has 1 aliphatic carbocycles. The molecule has 0 saturated heterocycles. The number of aryl methyl sites for hydroxylation is 3. The Morgan fingerprint density at radius 3 is 2.61 bits per heavy atom. The molecule has 186 valence electrons. The standard InChI is InChI=1S/C27H32N8O/c1-2-8-25-29-27(24(36)17-19-9-4-3-5-10-19)32-35(25)16-15-21-14-13-20(18-28-21)22-11-6-7-12-23(22)26-30-33-34-31-26/h6-7,11-14,18-19H,2-5,8-10,15-17H2,1H3,(H,30,31,33,34). The van der Waals surface area contributed by atoms with Crippen molar-refractivity contribution in [3.63, 3.8) is 0 Å². The van der Waals surface area contributed by atoms with E-state index in [1.165, 1.54) is 19.3 Å². The summed E-state index contributed by atoms with van der Waals surface area (Å²) in [5.41, 5.74) is 3.85. The lowest BCUT2D eigenvalue weighted by molar-refractivity contribution is 0.0939. The normalized spacial score (nSPS) is 14.2. The summed E-state index contributed by atoms with van der Waals surface area (Å²) in [4.78, 5) is 22.2. The van der Waals surface area contributed by atoms with Gasteiger partial charge in [-0.15, -0.1) is 15.3 Å². The Hall–Kier alpha value is -3.75. The number of Topliss-reactive ketones (excluding diaryl/α,β-unsaturated/α-hetero) is 1. The number of carbonyl (C=O) groups is 1. The Morgan fingerprint density at radius 2 is 1.89 bits per heavy atom. The molecule has 9 nitrogen and oxygen atoms in total. The molecule has 0 amide bonds. The van der Waals surface area contributed by atoms with Crippen molar-refractivity contribution in [1.82, 2.24) is 40.4 Å². The average Bonchev–Trinajstić information content (AvgIpc) is 3.59. The molecule has 5 rings (SSSR count). The van der Waals surface area contributed by atoms with Gasteiger partial charge in [-0.25, -0.2) is 9.67 Å². The smallest absolute Gasteiger partial charge is 0.217 e. The fraction of sp³-hybridized carbons (Fsp3) is 0.444. The second kappa shape index (κ2) is 11.3. The third-order valence-electron chi connectivity index (χ3n) is 6.90. The fourth-order valence-corrected chi connectivity index (χ4v) is 4.98. The molecule has 0 atom stereocenters. The maximum atomic E-state index is 12.9. The van der Waals surface area contributed by atoms with E-state index in [1.54, 1.807) is 0 Å². The first-order chi connectivity index (χ1) is 17.7. The monoisotopic (exact) mass is 484 g/mol. The number of rotatable bonds is 10. The number of carbonyl (C=O) groups excluding carboxylic acids is 1. The number of hydrogen-bond acceptors (Lipinski definition) is 7. The van der Waals surface area contributed by atoms with Crippen LogP contribution in [-0.4, -0.2) is 46.2 Å². The van der Waals surface area contributed by atoms with Crippen LogP contribution in [0.1, 0.15) is 74.0 Å². The van der Waals surface area contributed by atoms with Crippen molar-refractivity contribution in [2.24, 2.45) is 5.92 Å². The zero-order chi connectivity index (χ0) is 24.7. The second-order valence-electron chi connectivity index (χ2n) is 9.53. The summed E-state index contributed by atoms with van der Waals surface area (Å²) in [6.45, 7) is 2.76. The van der Waals surface area contributed by atoms with Crippen molar-refractivity contribution in [3.8, 4) is 22.5 Å². The molecular weight excluding hydrogens is 452 g/mol. The van der Waals surface area contributed by atoms with Gasteiger partial charge in [0.1, 0.15) is 5.82 Å².